The number of halogens is 1. The molecular formula is C18H17ClN2O5S. The van der Waals surface area contributed by atoms with E-state index in [-0.39, 0.29) is 30.3 Å². The largest absolute Gasteiger partial charge is 0.495 e. The molecule has 142 valence electrons. The number of amides is 2. The van der Waals surface area contributed by atoms with E-state index in [1.54, 1.807) is 29.6 Å². The zero-order valence-electron chi connectivity index (χ0n) is 14.7. The minimum Gasteiger partial charge on any atom is -0.495 e. The van der Waals surface area contributed by atoms with Crippen molar-refractivity contribution < 1.29 is 23.9 Å². The molecule has 1 unspecified atom stereocenters. The Labute approximate surface area is 164 Å². The topological polar surface area (TPSA) is 84.9 Å². The van der Waals surface area contributed by atoms with Gasteiger partial charge in [0.1, 0.15) is 10.8 Å². The standard InChI is InChI=1S/C18H17ClN2O5S/c1-25-14-4-3-11(19)8-13(14)21-9-10(7-15(21)22)16(23)20-17-12(5-6-27-17)18(24)26-2/h3-6,8,10H,7,9H2,1-2H3,(H,20,23). The first-order valence-electron chi connectivity index (χ1n) is 8.05. The van der Waals surface area contributed by atoms with Crippen molar-refractivity contribution in [3.63, 3.8) is 0 Å². The Kier molecular flexibility index (Phi) is 5.67. The number of hydrogen-bond acceptors (Lipinski definition) is 6. The highest BCUT2D eigenvalue weighted by Gasteiger charge is 2.37. The SMILES string of the molecule is COC(=O)c1ccsc1NC(=O)C1CC(=O)N(c2cc(Cl)ccc2OC)C1. The van der Waals surface area contributed by atoms with E-state index in [1.165, 1.54) is 30.5 Å². The van der Waals surface area contributed by atoms with Gasteiger partial charge in [-0.3, -0.25) is 9.59 Å². The Hall–Kier alpha value is -2.58. The van der Waals surface area contributed by atoms with Gasteiger partial charge in [-0.15, -0.1) is 11.3 Å². The molecule has 1 saturated heterocycles. The van der Waals surface area contributed by atoms with E-state index in [1.807, 2.05) is 0 Å². The Morgan fingerprint density at radius 1 is 1.30 bits per heavy atom. The summed E-state index contributed by atoms with van der Waals surface area (Å²) in [4.78, 5) is 38.3. The van der Waals surface area contributed by atoms with E-state index in [0.717, 1.165) is 0 Å². The summed E-state index contributed by atoms with van der Waals surface area (Å²) >= 11 is 7.26. The second kappa shape index (κ2) is 7.98. The lowest BCUT2D eigenvalue weighted by Gasteiger charge is -2.19. The van der Waals surface area contributed by atoms with Crippen LogP contribution in [0.5, 0.6) is 5.75 Å². The second-order valence-corrected chi connectivity index (χ2v) is 7.22. The average Bonchev–Trinajstić information content (AvgIpc) is 3.27. The quantitative estimate of drug-likeness (QED) is 0.768. The molecule has 2 heterocycles. The molecule has 0 radical (unpaired) electrons. The molecule has 27 heavy (non-hydrogen) atoms. The molecule has 1 aliphatic heterocycles. The van der Waals surface area contributed by atoms with Gasteiger partial charge in [-0.2, -0.15) is 0 Å². The molecule has 1 aromatic carbocycles. The van der Waals surface area contributed by atoms with Crippen LogP contribution in [0.2, 0.25) is 5.02 Å². The van der Waals surface area contributed by atoms with Crippen LogP contribution in [0.1, 0.15) is 16.8 Å². The molecule has 1 N–H and O–H groups in total. The molecular weight excluding hydrogens is 392 g/mol. The third-order valence-electron chi connectivity index (χ3n) is 4.23. The molecule has 7 nitrogen and oxygen atoms in total. The number of carbonyl (C=O) groups excluding carboxylic acids is 3. The fraction of sp³-hybridized carbons (Fsp3) is 0.278. The van der Waals surface area contributed by atoms with Crippen LogP contribution in [0.15, 0.2) is 29.6 Å². The van der Waals surface area contributed by atoms with Crippen molar-refractivity contribution >= 4 is 51.4 Å². The van der Waals surface area contributed by atoms with Gasteiger partial charge in [-0.25, -0.2) is 4.79 Å². The van der Waals surface area contributed by atoms with Crippen molar-refractivity contribution in [3.05, 3.63) is 40.2 Å². The summed E-state index contributed by atoms with van der Waals surface area (Å²) in [5, 5.41) is 5.27. The molecule has 3 rings (SSSR count). The smallest absolute Gasteiger partial charge is 0.340 e. The molecule has 2 aromatic rings. The summed E-state index contributed by atoms with van der Waals surface area (Å²) in [6.45, 7) is 0.195. The summed E-state index contributed by atoms with van der Waals surface area (Å²) in [6, 6.07) is 6.55. The van der Waals surface area contributed by atoms with Crippen molar-refractivity contribution in [1.82, 2.24) is 0 Å². The lowest BCUT2D eigenvalue weighted by atomic mass is 10.1. The van der Waals surface area contributed by atoms with Crippen molar-refractivity contribution in [1.29, 1.82) is 0 Å². The van der Waals surface area contributed by atoms with Crippen molar-refractivity contribution in [3.8, 4) is 5.75 Å². The Morgan fingerprint density at radius 2 is 2.07 bits per heavy atom. The summed E-state index contributed by atoms with van der Waals surface area (Å²) in [7, 11) is 2.78. The number of methoxy groups -OCH3 is 2. The maximum atomic E-state index is 12.6. The van der Waals surface area contributed by atoms with Gasteiger partial charge in [0.2, 0.25) is 11.8 Å². The molecule has 0 aliphatic carbocycles. The van der Waals surface area contributed by atoms with E-state index in [9.17, 15) is 14.4 Å². The number of nitrogens with one attached hydrogen (secondary N) is 1. The zero-order valence-corrected chi connectivity index (χ0v) is 16.2. The summed E-state index contributed by atoms with van der Waals surface area (Å²) in [6.07, 6.45) is 0.0560. The van der Waals surface area contributed by atoms with Crippen molar-refractivity contribution in [2.45, 2.75) is 6.42 Å². The van der Waals surface area contributed by atoms with Crippen LogP contribution in [-0.4, -0.2) is 38.5 Å². The minimum absolute atomic E-state index is 0.0560. The molecule has 0 spiro atoms. The highest BCUT2D eigenvalue weighted by Crippen LogP contribution is 2.35. The third-order valence-corrected chi connectivity index (χ3v) is 5.30. The van der Waals surface area contributed by atoms with Gasteiger partial charge in [0, 0.05) is 18.0 Å². The van der Waals surface area contributed by atoms with Crippen LogP contribution in [0.4, 0.5) is 10.7 Å². The number of thiophene rings is 1. The third kappa shape index (κ3) is 3.91. The average molecular weight is 409 g/mol. The number of anilines is 2. The fourth-order valence-corrected chi connectivity index (χ4v) is 3.83. The predicted octanol–water partition coefficient (Wildman–Crippen LogP) is 3.19. The first kappa shape index (κ1) is 19.2. The summed E-state index contributed by atoms with van der Waals surface area (Å²) < 4.78 is 9.99. The fourth-order valence-electron chi connectivity index (χ4n) is 2.88. The Bertz CT molecular complexity index is 898. The van der Waals surface area contributed by atoms with E-state index >= 15 is 0 Å². The molecule has 9 heteroatoms. The van der Waals surface area contributed by atoms with Crippen LogP contribution < -0.4 is 15.0 Å². The number of nitrogens with zero attached hydrogens (tertiary/aromatic N) is 1. The van der Waals surface area contributed by atoms with Gasteiger partial charge in [-0.1, -0.05) is 11.6 Å². The van der Waals surface area contributed by atoms with Gasteiger partial charge in [0.05, 0.1) is 31.4 Å². The molecule has 1 fully saturated rings. The lowest BCUT2D eigenvalue weighted by molar-refractivity contribution is -0.122. The normalized spacial score (nSPS) is 16.3. The summed E-state index contributed by atoms with van der Waals surface area (Å²) in [5.41, 5.74) is 0.810. The van der Waals surface area contributed by atoms with Crippen LogP contribution in [0.25, 0.3) is 0 Å². The second-order valence-electron chi connectivity index (χ2n) is 5.87. The number of carbonyl (C=O) groups is 3. The Balaban J connectivity index is 1.76. The highest BCUT2D eigenvalue weighted by molar-refractivity contribution is 7.14. The molecule has 1 atom stereocenters. The van der Waals surface area contributed by atoms with Crippen molar-refractivity contribution in [2.24, 2.45) is 5.92 Å². The van der Waals surface area contributed by atoms with Crippen LogP contribution in [0.3, 0.4) is 0 Å². The van der Waals surface area contributed by atoms with Crippen molar-refractivity contribution in [2.75, 3.05) is 31.0 Å². The van der Waals surface area contributed by atoms with E-state index < -0.39 is 11.9 Å². The van der Waals surface area contributed by atoms with Gasteiger partial charge < -0.3 is 19.7 Å². The first-order chi connectivity index (χ1) is 12.9. The molecule has 0 bridgehead atoms. The minimum atomic E-state index is -0.561. The molecule has 0 saturated carbocycles. The predicted molar refractivity (Wildman–Crippen MR) is 103 cm³/mol. The molecule has 1 aliphatic rings. The number of hydrogen-bond donors (Lipinski definition) is 1. The number of esters is 1. The number of benzene rings is 1. The van der Waals surface area contributed by atoms with E-state index in [2.05, 4.69) is 5.32 Å². The number of rotatable bonds is 5. The molecule has 2 amide bonds. The monoisotopic (exact) mass is 408 g/mol. The maximum Gasteiger partial charge on any atom is 0.340 e. The van der Waals surface area contributed by atoms with Crippen LogP contribution in [0, 0.1) is 5.92 Å². The first-order valence-corrected chi connectivity index (χ1v) is 9.31. The van der Waals surface area contributed by atoms with E-state index in [4.69, 9.17) is 21.1 Å². The van der Waals surface area contributed by atoms with Crippen LogP contribution >= 0.6 is 22.9 Å². The maximum absolute atomic E-state index is 12.6. The van der Waals surface area contributed by atoms with Gasteiger partial charge >= 0.3 is 5.97 Å². The van der Waals surface area contributed by atoms with Gasteiger partial charge in [0.25, 0.3) is 0 Å². The van der Waals surface area contributed by atoms with Gasteiger partial charge in [0.15, 0.2) is 0 Å². The molecule has 1 aromatic heterocycles. The zero-order chi connectivity index (χ0) is 19.6. The Morgan fingerprint density at radius 3 is 2.78 bits per heavy atom. The van der Waals surface area contributed by atoms with Crippen LogP contribution in [-0.2, 0) is 14.3 Å². The van der Waals surface area contributed by atoms with Gasteiger partial charge in [-0.05, 0) is 29.6 Å². The highest BCUT2D eigenvalue weighted by atomic mass is 35.5. The van der Waals surface area contributed by atoms with E-state index in [0.29, 0.717) is 21.5 Å². The number of ether oxygens (including phenoxy) is 2. The summed E-state index contributed by atoms with van der Waals surface area (Å²) in [5.74, 6) is -1.12. The lowest BCUT2D eigenvalue weighted by Crippen LogP contribution is -2.28.